The molecule has 3 rings (SSSR count). The number of hydrogen-bond donors (Lipinski definition) is 0. The summed E-state index contributed by atoms with van der Waals surface area (Å²) in [5, 5.41) is 3.89. The van der Waals surface area contributed by atoms with Crippen LogP contribution in [-0.2, 0) is 12.7 Å². The van der Waals surface area contributed by atoms with Crippen LogP contribution in [0.3, 0.4) is 0 Å². The molecule has 130 valence electrons. The Hall–Kier alpha value is -1.89. The molecule has 1 aliphatic rings. The molecular formula is C17H20F3N3O. The normalized spacial score (nSPS) is 22.7. The fourth-order valence-corrected chi connectivity index (χ4v) is 3.36. The molecule has 0 spiro atoms. The standard InChI is InChI=1S/C17H20F3N3O/c1-11-7-12(2)9-23(8-11)10-15-21-16(22-24-15)13-3-5-14(6-4-13)17(18,19)20/h3-6,11-12H,7-10H2,1-2H3. The maximum absolute atomic E-state index is 12.6. The summed E-state index contributed by atoms with van der Waals surface area (Å²) in [6.45, 7) is 7.00. The van der Waals surface area contributed by atoms with E-state index in [-0.39, 0.29) is 0 Å². The summed E-state index contributed by atoms with van der Waals surface area (Å²) in [5.41, 5.74) is -0.176. The number of rotatable bonds is 3. The molecule has 0 saturated carbocycles. The minimum atomic E-state index is -4.34. The highest BCUT2D eigenvalue weighted by Gasteiger charge is 2.30. The van der Waals surface area contributed by atoms with Crippen LogP contribution < -0.4 is 0 Å². The van der Waals surface area contributed by atoms with Gasteiger partial charge in [0.2, 0.25) is 11.7 Å². The first-order chi connectivity index (χ1) is 11.3. The van der Waals surface area contributed by atoms with Crippen molar-refractivity contribution >= 4 is 0 Å². The minimum absolute atomic E-state index is 0.317. The number of aromatic nitrogens is 2. The third-order valence-electron chi connectivity index (χ3n) is 4.24. The van der Waals surface area contributed by atoms with Gasteiger partial charge in [-0.1, -0.05) is 31.1 Å². The average Bonchev–Trinajstić information content (AvgIpc) is 2.94. The van der Waals surface area contributed by atoms with Gasteiger partial charge in [0.15, 0.2) is 0 Å². The van der Waals surface area contributed by atoms with Gasteiger partial charge in [-0.25, -0.2) is 0 Å². The summed E-state index contributed by atoms with van der Waals surface area (Å²) < 4.78 is 43.0. The summed E-state index contributed by atoms with van der Waals surface area (Å²) >= 11 is 0. The molecule has 2 heterocycles. The Balaban J connectivity index is 1.69. The molecule has 1 saturated heterocycles. The van der Waals surface area contributed by atoms with E-state index in [1.807, 2.05) is 0 Å². The molecule has 2 atom stereocenters. The number of alkyl halides is 3. The first-order valence-corrected chi connectivity index (χ1v) is 8.04. The van der Waals surface area contributed by atoms with Crippen LogP contribution in [0.2, 0.25) is 0 Å². The largest absolute Gasteiger partial charge is 0.416 e. The van der Waals surface area contributed by atoms with Gasteiger partial charge in [-0.15, -0.1) is 0 Å². The van der Waals surface area contributed by atoms with Gasteiger partial charge < -0.3 is 4.52 Å². The number of halogens is 3. The number of piperidine rings is 1. The molecule has 0 aliphatic carbocycles. The monoisotopic (exact) mass is 339 g/mol. The van der Waals surface area contributed by atoms with Crippen LogP contribution in [-0.4, -0.2) is 28.1 Å². The second-order valence-electron chi connectivity index (χ2n) is 6.73. The Morgan fingerprint density at radius 3 is 2.33 bits per heavy atom. The van der Waals surface area contributed by atoms with Crippen molar-refractivity contribution in [2.24, 2.45) is 11.8 Å². The van der Waals surface area contributed by atoms with E-state index in [1.165, 1.54) is 18.6 Å². The first-order valence-electron chi connectivity index (χ1n) is 8.04. The van der Waals surface area contributed by atoms with Crippen LogP contribution in [0.5, 0.6) is 0 Å². The second kappa shape index (κ2) is 6.55. The van der Waals surface area contributed by atoms with Crippen molar-refractivity contribution in [2.75, 3.05) is 13.1 Å². The van der Waals surface area contributed by atoms with Crippen LogP contribution in [0.15, 0.2) is 28.8 Å². The van der Waals surface area contributed by atoms with Gasteiger partial charge in [0.05, 0.1) is 12.1 Å². The molecule has 0 bridgehead atoms. The number of benzene rings is 1. The van der Waals surface area contributed by atoms with E-state index in [1.54, 1.807) is 0 Å². The molecule has 1 aliphatic heterocycles. The van der Waals surface area contributed by atoms with Gasteiger partial charge in [0.1, 0.15) is 0 Å². The molecule has 0 radical (unpaired) electrons. The van der Waals surface area contributed by atoms with Crippen LogP contribution in [0, 0.1) is 11.8 Å². The van der Waals surface area contributed by atoms with Crippen molar-refractivity contribution < 1.29 is 17.7 Å². The molecule has 24 heavy (non-hydrogen) atoms. The van der Waals surface area contributed by atoms with E-state index >= 15 is 0 Å². The number of hydrogen-bond acceptors (Lipinski definition) is 4. The van der Waals surface area contributed by atoms with Crippen LogP contribution in [0.1, 0.15) is 31.7 Å². The van der Waals surface area contributed by atoms with Crippen LogP contribution >= 0.6 is 0 Å². The van der Waals surface area contributed by atoms with Gasteiger partial charge in [-0.2, -0.15) is 18.2 Å². The Morgan fingerprint density at radius 2 is 1.75 bits per heavy atom. The highest BCUT2D eigenvalue weighted by atomic mass is 19.4. The lowest BCUT2D eigenvalue weighted by Gasteiger charge is -2.33. The zero-order valence-electron chi connectivity index (χ0n) is 13.7. The van der Waals surface area contributed by atoms with Gasteiger partial charge in [0.25, 0.3) is 0 Å². The number of likely N-dealkylation sites (tertiary alicyclic amines) is 1. The van der Waals surface area contributed by atoms with E-state index in [9.17, 15) is 13.2 Å². The lowest BCUT2D eigenvalue weighted by molar-refractivity contribution is -0.137. The quantitative estimate of drug-likeness (QED) is 0.839. The van der Waals surface area contributed by atoms with E-state index in [0.29, 0.717) is 35.7 Å². The molecule has 1 fully saturated rings. The zero-order chi connectivity index (χ0) is 17.3. The van der Waals surface area contributed by atoms with Gasteiger partial charge >= 0.3 is 6.18 Å². The van der Waals surface area contributed by atoms with Gasteiger partial charge in [-0.05, 0) is 30.4 Å². The third kappa shape index (κ3) is 3.95. The maximum atomic E-state index is 12.6. The highest BCUT2D eigenvalue weighted by molar-refractivity contribution is 5.54. The summed E-state index contributed by atoms with van der Waals surface area (Å²) in [6, 6.07) is 4.78. The van der Waals surface area contributed by atoms with Crippen molar-refractivity contribution in [1.29, 1.82) is 0 Å². The Bertz CT molecular complexity index is 671. The van der Waals surface area contributed by atoms with Crippen molar-refractivity contribution in [3.8, 4) is 11.4 Å². The molecular weight excluding hydrogens is 319 g/mol. The minimum Gasteiger partial charge on any atom is -0.338 e. The van der Waals surface area contributed by atoms with Crippen molar-refractivity contribution in [2.45, 2.75) is 33.0 Å². The molecule has 4 nitrogen and oxygen atoms in total. The topological polar surface area (TPSA) is 42.2 Å². The molecule has 0 amide bonds. The van der Waals surface area contributed by atoms with Gasteiger partial charge in [0, 0.05) is 18.7 Å². The van der Waals surface area contributed by atoms with E-state index in [0.717, 1.165) is 25.2 Å². The molecule has 0 N–H and O–H groups in total. The van der Waals surface area contributed by atoms with Crippen molar-refractivity contribution in [1.82, 2.24) is 15.0 Å². The number of nitrogens with zero attached hydrogens (tertiary/aromatic N) is 3. The van der Waals surface area contributed by atoms with E-state index in [2.05, 4.69) is 28.9 Å². The van der Waals surface area contributed by atoms with Crippen molar-refractivity contribution in [3.05, 3.63) is 35.7 Å². The van der Waals surface area contributed by atoms with Crippen molar-refractivity contribution in [3.63, 3.8) is 0 Å². The van der Waals surface area contributed by atoms with Gasteiger partial charge in [-0.3, -0.25) is 4.90 Å². The fourth-order valence-electron chi connectivity index (χ4n) is 3.36. The van der Waals surface area contributed by atoms with Crippen LogP contribution in [0.25, 0.3) is 11.4 Å². The van der Waals surface area contributed by atoms with E-state index in [4.69, 9.17) is 4.52 Å². The predicted octanol–water partition coefficient (Wildman–Crippen LogP) is 4.23. The molecule has 1 aromatic heterocycles. The molecule has 7 heteroatoms. The summed E-state index contributed by atoms with van der Waals surface area (Å²) in [7, 11) is 0. The zero-order valence-corrected chi connectivity index (χ0v) is 13.7. The molecule has 1 aromatic carbocycles. The lowest BCUT2D eigenvalue weighted by Crippen LogP contribution is -2.38. The average molecular weight is 339 g/mol. The predicted molar refractivity (Wildman–Crippen MR) is 83.0 cm³/mol. The second-order valence-corrected chi connectivity index (χ2v) is 6.73. The fraction of sp³-hybridized carbons (Fsp3) is 0.529. The third-order valence-corrected chi connectivity index (χ3v) is 4.24. The Morgan fingerprint density at radius 1 is 1.12 bits per heavy atom. The first kappa shape index (κ1) is 17.0. The summed E-state index contributed by atoms with van der Waals surface area (Å²) in [5.74, 6) is 2.07. The van der Waals surface area contributed by atoms with Crippen LogP contribution in [0.4, 0.5) is 13.2 Å². The lowest BCUT2D eigenvalue weighted by atomic mass is 9.92. The van der Waals surface area contributed by atoms with E-state index < -0.39 is 11.7 Å². The smallest absolute Gasteiger partial charge is 0.338 e. The Kier molecular flexibility index (Phi) is 4.62. The SMILES string of the molecule is CC1CC(C)CN(Cc2nc(-c3ccc(C(F)(F)F)cc3)no2)C1. The maximum Gasteiger partial charge on any atom is 0.416 e. The highest BCUT2D eigenvalue weighted by Crippen LogP contribution is 2.30. The molecule has 2 aromatic rings. The summed E-state index contributed by atoms with van der Waals surface area (Å²) in [6.07, 6.45) is -3.13. The summed E-state index contributed by atoms with van der Waals surface area (Å²) in [4.78, 5) is 6.60. The molecule has 2 unspecified atom stereocenters. The Labute approximate surface area is 138 Å².